The Morgan fingerprint density at radius 3 is 2.84 bits per heavy atom. The van der Waals surface area contributed by atoms with Crippen LogP contribution in [0.25, 0.3) is 0 Å². The second-order valence-corrected chi connectivity index (χ2v) is 5.21. The van der Waals surface area contributed by atoms with E-state index in [0.717, 1.165) is 16.7 Å². The van der Waals surface area contributed by atoms with Crippen molar-refractivity contribution in [1.82, 2.24) is 4.90 Å². The van der Waals surface area contributed by atoms with E-state index < -0.39 is 0 Å². The first-order chi connectivity index (χ1) is 9.02. The van der Waals surface area contributed by atoms with Crippen molar-refractivity contribution in [2.75, 3.05) is 19.7 Å². The van der Waals surface area contributed by atoms with Crippen LogP contribution in [-0.4, -0.2) is 47.8 Å². The number of nitrogens with zero attached hydrogens (tertiary/aromatic N) is 1. The number of benzene rings is 1. The predicted molar refractivity (Wildman–Crippen MR) is 73.2 cm³/mol. The normalized spacial score (nSPS) is 23.5. The first kappa shape index (κ1) is 14.0. The Morgan fingerprint density at radius 1 is 1.42 bits per heavy atom. The van der Waals surface area contributed by atoms with Crippen LogP contribution in [0.15, 0.2) is 18.2 Å². The van der Waals surface area contributed by atoms with Crippen LogP contribution in [0.5, 0.6) is 0 Å². The molecule has 19 heavy (non-hydrogen) atoms. The number of morpholine rings is 1. The molecule has 0 bridgehead atoms. The van der Waals surface area contributed by atoms with Gasteiger partial charge in [-0.15, -0.1) is 0 Å². The lowest BCUT2D eigenvalue weighted by Crippen LogP contribution is -2.50. The van der Waals surface area contributed by atoms with Gasteiger partial charge in [0.2, 0.25) is 0 Å². The largest absolute Gasteiger partial charge is 0.394 e. The van der Waals surface area contributed by atoms with Gasteiger partial charge in [-0.1, -0.05) is 12.1 Å². The molecule has 1 aliphatic heterocycles. The summed E-state index contributed by atoms with van der Waals surface area (Å²) in [5.74, 6) is 0.0230. The predicted octanol–water partition coefficient (Wildman–Crippen LogP) is 1.53. The van der Waals surface area contributed by atoms with Crippen LogP contribution in [-0.2, 0) is 4.74 Å². The van der Waals surface area contributed by atoms with Crippen LogP contribution in [0, 0.1) is 13.8 Å². The minimum absolute atomic E-state index is 0.0230. The van der Waals surface area contributed by atoms with Crippen LogP contribution < -0.4 is 0 Å². The fourth-order valence-electron chi connectivity index (χ4n) is 2.47. The lowest BCUT2D eigenvalue weighted by molar-refractivity contribution is -0.0858. The van der Waals surface area contributed by atoms with Gasteiger partial charge in [0.25, 0.3) is 5.91 Å². The zero-order valence-electron chi connectivity index (χ0n) is 11.7. The van der Waals surface area contributed by atoms with Crippen molar-refractivity contribution in [1.29, 1.82) is 0 Å². The third-order valence-corrected chi connectivity index (χ3v) is 3.65. The maximum atomic E-state index is 12.6. The number of aliphatic hydroxyl groups excluding tert-OH is 1. The van der Waals surface area contributed by atoms with Crippen LogP contribution in [0.3, 0.4) is 0 Å². The maximum absolute atomic E-state index is 12.6. The quantitative estimate of drug-likeness (QED) is 0.880. The lowest BCUT2D eigenvalue weighted by atomic mass is 10.0. The number of amides is 1. The van der Waals surface area contributed by atoms with Gasteiger partial charge in [-0.25, -0.2) is 0 Å². The van der Waals surface area contributed by atoms with Crippen LogP contribution >= 0.6 is 0 Å². The summed E-state index contributed by atoms with van der Waals surface area (Å²) < 4.78 is 5.56. The molecule has 1 saturated heterocycles. The van der Waals surface area contributed by atoms with E-state index in [4.69, 9.17) is 4.74 Å². The molecule has 4 nitrogen and oxygen atoms in total. The van der Waals surface area contributed by atoms with E-state index >= 15 is 0 Å². The summed E-state index contributed by atoms with van der Waals surface area (Å²) in [7, 11) is 0. The number of ether oxygens (including phenoxy) is 1. The second-order valence-electron chi connectivity index (χ2n) is 5.21. The molecule has 0 aromatic heterocycles. The molecule has 1 aliphatic rings. The molecular weight excluding hydrogens is 242 g/mol. The molecule has 0 aliphatic carbocycles. The van der Waals surface area contributed by atoms with Crippen molar-refractivity contribution >= 4 is 5.91 Å². The topological polar surface area (TPSA) is 49.8 Å². The average molecular weight is 263 g/mol. The maximum Gasteiger partial charge on any atom is 0.254 e. The Bertz CT molecular complexity index is 472. The van der Waals surface area contributed by atoms with Crippen LogP contribution in [0.2, 0.25) is 0 Å². The molecule has 2 rings (SSSR count). The van der Waals surface area contributed by atoms with E-state index in [2.05, 4.69) is 0 Å². The summed E-state index contributed by atoms with van der Waals surface area (Å²) in [6, 6.07) is 5.77. The van der Waals surface area contributed by atoms with Crippen molar-refractivity contribution < 1.29 is 14.6 Å². The molecule has 1 fully saturated rings. The highest BCUT2D eigenvalue weighted by Gasteiger charge is 2.29. The highest BCUT2D eigenvalue weighted by atomic mass is 16.5. The fourth-order valence-corrected chi connectivity index (χ4v) is 2.47. The smallest absolute Gasteiger partial charge is 0.254 e. The Hall–Kier alpha value is -1.39. The van der Waals surface area contributed by atoms with Gasteiger partial charge in [0.05, 0.1) is 18.8 Å². The van der Waals surface area contributed by atoms with Crippen molar-refractivity contribution in [2.45, 2.75) is 33.0 Å². The van der Waals surface area contributed by atoms with Crippen molar-refractivity contribution in [3.63, 3.8) is 0 Å². The number of carbonyl (C=O) groups is 1. The van der Waals surface area contributed by atoms with Crippen molar-refractivity contribution in [3.05, 3.63) is 34.9 Å². The summed E-state index contributed by atoms with van der Waals surface area (Å²) >= 11 is 0. The highest BCUT2D eigenvalue weighted by molar-refractivity contribution is 5.96. The van der Waals surface area contributed by atoms with Gasteiger partial charge in [-0.05, 0) is 38.0 Å². The first-order valence-corrected chi connectivity index (χ1v) is 6.64. The van der Waals surface area contributed by atoms with Gasteiger partial charge in [0, 0.05) is 18.7 Å². The highest BCUT2D eigenvalue weighted by Crippen LogP contribution is 2.18. The summed E-state index contributed by atoms with van der Waals surface area (Å²) in [6.45, 7) is 6.86. The Kier molecular flexibility index (Phi) is 4.22. The van der Waals surface area contributed by atoms with E-state index in [1.165, 1.54) is 0 Å². The summed E-state index contributed by atoms with van der Waals surface area (Å²) in [4.78, 5) is 14.3. The van der Waals surface area contributed by atoms with E-state index in [-0.39, 0.29) is 24.7 Å². The van der Waals surface area contributed by atoms with Gasteiger partial charge < -0.3 is 14.7 Å². The van der Waals surface area contributed by atoms with Gasteiger partial charge in [-0.2, -0.15) is 0 Å². The van der Waals surface area contributed by atoms with E-state index in [9.17, 15) is 9.90 Å². The summed E-state index contributed by atoms with van der Waals surface area (Å²) in [5.41, 5.74) is 2.88. The number of hydrogen-bond donors (Lipinski definition) is 1. The molecule has 1 aromatic rings. The third-order valence-electron chi connectivity index (χ3n) is 3.65. The Balaban J connectivity index is 2.21. The molecule has 4 heteroatoms. The minimum Gasteiger partial charge on any atom is -0.394 e. The van der Waals surface area contributed by atoms with E-state index in [0.29, 0.717) is 13.1 Å². The molecule has 2 atom stereocenters. The fraction of sp³-hybridized carbons (Fsp3) is 0.533. The van der Waals surface area contributed by atoms with Gasteiger partial charge in [0.15, 0.2) is 0 Å². The number of hydrogen-bond acceptors (Lipinski definition) is 3. The van der Waals surface area contributed by atoms with Crippen molar-refractivity contribution in [3.8, 4) is 0 Å². The Labute approximate surface area is 114 Å². The third kappa shape index (κ3) is 2.96. The zero-order valence-corrected chi connectivity index (χ0v) is 11.7. The second kappa shape index (κ2) is 5.72. The molecular formula is C15H21NO3. The molecule has 0 spiro atoms. The van der Waals surface area contributed by atoms with E-state index in [1.807, 2.05) is 39.0 Å². The zero-order chi connectivity index (χ0) is 14.0. The molecule has 0 saturated carbocycles. The van der Waals surface area contributed by atoms with Crippen LogP contribution in [0.1, 0.15) is 28.4 Å². The van der Waals surface area contributed by atoms with Crippen molar-refractivity contribution in [2.24, 2.45) is 0 Å². The number of carbonyl (C=O) groups excluding carboxylic acids is 1. The average Bonchev–Trinajstić information content (AvgIpc) is 2.40. The first-order valence-electron chi connectivity index (χ1n) is 6.64. The lowest BCUT2D eigenvalue weighted by Gasteiger charge is -2.36. The standard InChI is InChI=1S/C15H21NO3/c1-10-5-4-6-14(12(10)3)15(18)16-7-11(2)19-13(8-16)9-17/h4-6,11,13,17H,7-9H2,1-3H3. The molecule has 1 amide bonds. The van der Waals surface area contributed by atoms with Gasteiger partial charge in [0.1, 0.15) is 0 Å². The molecule has 1 aromatic carbocycles. The van der Waals surface area contributed by atoms with Gasteiger partial charge in [-0.3, -0.25) is 4.79 Å². The monoisotopic (exact) mass is 263 g/mol. The molecule has 1 N–H and O–H groups in total. The Morgan fingerprint density at radius 2 is 2.16 bits per heavy atom. The number of aryl methyl sites for hydroxylation is 1. The van der Waals surface area contributed by atoms with Gasteiger partial charge >= 0.3 is 0 Å². The summed E-state index contributed by atoms with van der Waals surface area (Å²) in [5, 5.41) is 9.21. The molecule has 1 heterocycles. The summed E-state index contributed by atoms with van der Waals surface area (Å²) in [6.07, 6.45) is -0.321. The number of aliphatic hydroxyl groups is 1. The van der Waals surface area contributed by atoms with E-state index in [1.54, 1.807) is 4.90 Å². The minimum atomic E-state index is -0.280. The molecule has 2 unspecified atom stereocenters. The van der Waals surface area contributed by atoms with Crippen LogP contribution in [0.4, 0.5) is 0 Å². The number of rotatable bonds is 2. The SMILES string of the molecule is Cc1cccc(C(=O)N2CC(C)OC(CO)C2)c1C. The molecule has 104 valence electrons. The molecule has 0 radical (unpaired) electrons.